The largest absolute Gasteiger partial charge is 0.456 e. The minimum Gasteiger partial charge on any atom is -0.456 e. The lowest BCUT2D eigenvalue weighted by Crippen LogP contribution is -2.00. The van der Waals surface area contributed by atoms with Crippen LogP contribution >= 0.6 is 11.3 Å². The molecule has 0 bridgehead atoms. The lowest BCUT2D eigenvalue weighted by molar-refractivity contribution is 0.669. The third-order valence-corrected chi connectivity index (χ3v) is 11.9. The molecule has 0 radical (unpaired) electrons. The molecule has 4 heterocycles. The number of aromatic nitrogens is 4. The van der Waals surface area contributed by atoms with E-state index >= 15 is 0 Å². The van der Waals surface area contributed by atoms with Crippen LogP contribution in [-0.2, 0) is 0 Å². The molecule has 0 aliphatic rings. The van der Waals surface area contributed by atoms with E-state index in [2.05, 4.69) is 126 Å². The second-order valence-corrected chi connectivity index (χ2v) is 15.1. The summed E-state index contributed by atoms with van der Waals surface area (Å²) >= 11 is 1.81. The topological polar surface area (TPSA) is 56.7 Å². The maximum absolute atomic E-state index is 6.40. The summed E-state index contributed by atoms with van der Waals surface area (Å²) in [5, 5.41) is 9.44. The van der Waals surface area contributed by atoms with Gasteiger partial charge in [-0.3, -0.25) is 0 Å². The molecule has 256 valence electrons. The minimum absolute atomic E-state index is 0.653. The van der Waals surface area contributed by atoms with Crippen LogP contribution in [0.2, 0.25) is 0 Å². The number of fused-ring (bicyclic) bond motifs is 11. The Labute approximate surface area is 318 Å². The minimum atomic E-state index is 0.653. The zero-order chi connectivity index (χ0) is 36.0. The quantitative estimate of drug-likeness (QED) is 0.182. The Balaban J connectivity index is 1.10. The summed E-state index contributed by atoms with van der Waals surface area (Å²) < 4.78 is 11.2. The van der Waals surface area contributed by atoms with Gasteiger partial charge >= 0.3 is 0 Å². The van der Waals surface area contributed by atoms with E-state index in [4.69, 9.17) is 19.4 Å². The van der Waals surface area contributed by atoms with Crippen molar-refractivity contribution in [2.75, 3.05) is 0 Å². The summed E-state index contributed by atoms with van der Waals surface area (Å²) in [6.45, 7) is 0. The molecular weight excluding hydrogens is 693 g/mol. The van der Waals surface area contributed by atoms with Crippen LogP contribution in [-0.4, -0.2) is 19.5 Å². The van der Waals surface area contributed by atoms with Gasteiger partial charge in [0.2, 0.25) is 0 Å². The molecule has 0 fully saturated rings. The van der Waals surface area contributed by atoms with Crippen LogP contribution in [0.4, 0.5) is 0 Å². The van der Waals surface area contributed by atoms with Crippen molar-refractivity contribution in [1.29, 1.82) is 0 Å². The third-order valence-electron chi connectivity index (χ3n) is 10.8. The highest BCUT2D eigenvalue weighted by atomic mass is 32.1. The number of thiophene rings is 1. The van der Waals surface area contributed by atoms with Gasteiger partial charge in [-0.1, -0.05) is 121 Å². The lowest BCUT2D eigenvalue weighted by Gasteiger charge is -2.12. The van der Waals surface area contributed by atoms with Gasteiger partial charge in [-0.15, -0.1) is 11.3 Å². The highest BCUT2D eigenvalue weighted by Gasteiger charge is 2.20. The van der Waals surface area contributed by atoms with Crippen molar-refractivity contribution in [1.82, 2.24) is 19.5 Å². The van der Waals surface area contributed by atoms with Crippen LogP contribution in [0.1, 0.15) is 0 Å². The van der Waals surface area contributed by atoms with Gasteiger partial charge in [-0.05, 0) is 53.2 Å². The zero-order valence-corrected chi connectivity index (χ0v) is 30.1. The normalized spacial score (nSPS) is 12.0. The molecule has 12 rings (SSSR count). The van der Waals surface area contributed by atoms with E-state index in [0.717, 1.165) is 55.2 Å². The number of nitrogens with zero attached hydrogens (tertiary/aromatic N) is 4. The van der Waals surface area contributed by atoms with Crippen molar-refractivity contribution in [3.63, 3.8) is 0 Å². The number of benzene rings is 8. The molecule has 4 aromatic heterocycles. The molecule has 0 spiro atoms. The SMILES string of the molecule is c1ccc(-c2nc(-c3ccccc3)nc(-c3cc4sc5ccc(-n6c7ccccc7c7cc8c(cc76)oc6ccccc68)cc5c4c4ccccc34)n2)cc1. The van der Waals surface area contributed by atoms with Crippen LogP contribution in [0.25, 0.3) is 115 Å². The Morgan fingerprint density at radius 1 is 0.400 bits per heavy atom. The predicted octanol–water partition coefficient (Wildman–Crippen LogP) is 13.4. The van der Waals surface area contributed by atoms with Gasteiger partial charge < -0.3 is 8.98 Å². The van der Waals surface area contributed by atoms with Crippen LogP contribution in [0.15, 0.2) is 174 Å². The highest BCUT2D eigenvalue weighted by Crippen LogP contribution is 2.44. The summed E-state index contributed by atoms with van der Waals surface area (Å²) in [6, 6.07) is 59.6. The summed E-state index contributed by atoms with van der Waals surface area (Å²) in [6.07, 6.45) is 0. The van der Waals surface area contributed by atoms with Crippen molar-refractivity contribution < 1.29 is 4.42 Å². The van der Waals surface area contributed by atoms with E-state index in [0.29, 0.717) is 17.5 Å². The Kier molecular flexibility index (Phi) is 6.44. The lowest BCUT2D eigenvalue weighted by atomic mass is 9.98. The fourth-order valence-corrected chi connectivity index (χ4v) is 9.49. The van der Waals surface area contributed by atoms with E-state index in [1.807, 2.05) is 59.9 Å². The van der Waals surface area contributed by atoms with Crippen LogP contribution in [0.3, 0.4) is 0 Å². The van der Waals surface area contributed by atoms with E-state index in [1.165, 1.54) is 41.8 Å². The first-order valence-electron chi connectivity index (χ1n) is 18.4. The monoisotopic (exact) mass is 720 g/mol. The maximum atomic E-state index is 6.40. The Hall–Kier alpha value is -7.15. The molecule has 0 amide bonds. The molecule has 0 atom stereocenters. The molecule has 0 aliphatic carbocycles. The van der Waals surface area contributed by atoms with Gasteiger partial charge in [0.05, 0.1) is 11.0 Å². The van der Waals surface area contributed by atoms with Crippen LogP contribution in [0, 0.1) is 0 Å². The van der Waals surface area contributed by atoms with Crippen molar-refractivity contribution in [2.24, 2.45) is 0 Å². The molecule has 0 saturated heterocycles. The van der Waals surface area contributed by atoms with Gasteiger partial charge in [0.25, 0.3) is 0 Å². The highest BCUT2D eigenvalue weighted by molar-refractivity contribution is 7.26. The number of para-hydroxylation sites is 2. The molecule has 12 aromatic rings. The first kappa shape index (κ1) is 30.3. The predicted molar refractivity (Wildman–Crippen MR) is 228 cm³/mol. The number of furan rings is 1. The standard InChI is InChI=1S/C49H28N4OS/c1-3-13-29(14-4-1)47-50-48(30-15-5-2-6-16-30)52-49(51-47)38-27-45-46(35-20-8-7-17-32(35)38)39-25-31(23-24-44(39)55-45)53-40-21-11-9-18-33(40)36-26-37-34-19-10-12-22-42(34)54-43(37)28-41(36)53/h1-28H. The summed E-state index contributed by atoms with van der Waals surface area (Å²) in [5.41, 5.74) is 8.09. The van der Waals surface area contributed by atoms with Gasteiger partial charge in [0.1, 0.15) is 11.2 Å². The third kappa shape index (κ3) is 4.62. The van der Waals surface area contributed by atoms with Gasteiger partial charge in [0.15, 0.2) is 17.5 Å². The summed E-state index contributed by atoms with van der Waals surface area (Å²) in [5.74, 6) is 1.97. The molecule has 8 aromatic carbocycles. The molecule has 55 heavy (non-hydrogen) atoms. The second kappa shape index (κ2) is 11.7. The number of hydrogen-bond acceptors (Lipinski definition) is 5. The van der Waals surface area contributed by atoms with Gasteiger partial charge in [-0.2, -0.15) is 0 Å². The Morgan fingerprint density at radius 3 is 1.80 bits per heavy atom. The molecule has 5 nitrogen and oxygen atoms in total. The van der Waals surface area contributed by atoms with Crippen LogP contribution in [0.5, 0.6) is 0 Å². The molecule has 0 aliphatic heterocycles. The van der Waals surface area contributed by atoms with Gasteiger partial charge in [0, 0.05) is 70.2 Å². The van der Waals surface area contributed by atoms with E-state index in [9.17, 15) is 0 Å². The fourth-order valence-electron chi connectivity index (χ4n) is 8.35. The molecule has 0 saturated carbocycles. The number of rotatable bonds is 4. The Morgan fingerprint density at radius 2 is 1.04 bits per heavy atom. The average Bonchev–Trinajstić information content (AvgIpc) is 3.91. The van der Waals surface area contributed by atoms with Crippen molar-refractivity contribution in [3.05, 3.63) is 170 Å². The Bertz CT molecular complexity index is 3430. The second-order valence-electron chi connectivity index (χ2n) is 14.0. The average molecular weight is 721 g/mol. The zero-order valence-electron chi connectivity index (χ0n) is 29.3. The smallest absolute Gasteiger partial charge is 0.164 e. The number of hydrogen-bond donors (Lipinski definition) is 0. The van der Waals surface area contributed by atoms with E-state index < -0.39 is 0 Å². The first-order valence-corrected chi connectivity index (χ1v) is 19.2. The summed E-state index contributed by atoms with van der Waals surface area (Å²) in [4.78, 5) is 15.2. The van der Waals surface area contributed by atoms with Crippen LogP contribution < -0.4 is 0 Å². The maximum Gasteiger partial charge on any atom is 0.164 e. The first-order chi connectivity index (χ1) is 27.2. The molecule has 6 heteroatoms. The fraction of sp³-hybridized carbons (Fsp3) is 0. The summed E-state index contributed by atoms with van der Waals surface area (Å²) in [7, 11) is 0. The molecule has 0 N–H and O–H groups in total. The molecule has 0 unspecified atom stereocenters. The van der Waals surface area contributed by atoms with Crippen molar-refractivity contribution in [3.8, 4) is 39.9 Å². The van der Waals surface area contributed by atoms with E-state index in [-0.39, 0.29) is 0 Å². The van der Waals surface area contributed by atoms with Gasteiger partial charge in [-0.25, -0.2) is 15.0 Å². The van der Waals surface area contributed by atoms with E-state index in [1.54, 1.807) is 0 Å². The molecular formula is C49H28N4OS. The van der Waals surface area contributed by atoms with Crippen molar-refractivity contribution >= 4 is 86.0 Å². The van der Waals surface area contributed by atoms with Crippen molar-refractivity contribution in [2.45, 2.75) is 0 Å².